The second-order valence-electron chi connectivity index (χ2n) is 35.1. The number of rotatable bonds is 11. The van der Waals surface area contributed by atoms with Crippen LogP contribution in [-0.4, -0.2) is 9.13 Å². The van der Waals surface area contributed by atoms with E-state index in [1.165, 1.54) is 76.0 Å². The molecule has 3 atom stereocenters. The molecule has 0 saturated heterocycles. The molecule has 3 aliphatic heterocycles. The molecule has 0 fully saturated rings. The summed E-state index contributed by atoms with van der Waals surface area (Å²) in [5.74, 6) is 0. The lowest BCUT2D eigenvalue weighted by molar-refractivity contribution is 0.591. The number of aromatic nitrogens is 2. The molecular formula is C126H86N5O3P3. The maximum absolute atomic E-state index is 16.1. The summed E-state index contributed by atoms with van der Waals surface area (Å²) in [6.07, 6.45) is 0. The topological polar surface area (TPSA) is 70.8 Å². The van der Waals surface area contributed by atoms with Crippen LogP contribution in [0, 0.1) is 0 Å². The molecule has 0 amide bonds. The molecule has 22 aromatic carbocycles. The van der Waals surface area contributed by atoms with Crippen molar-refractivity contribution in [2.45, 2.75) is 0 Å². The van der Waals surface area contributed by atoms with Crippen LogP contribution in [-0.2, 0) is 13.7 Å². The Morgan fingerprint density at radius 2 is 0.431 bits per heavy atom. The van der Waals surface area contributed by atoms with Crippen LogP contribution < -0.4 is 62.4 Å². The molecule has 11 heteroatoms. The molecule has 0 bridgehead atoms. The predicted octanol–water partition coefficient (Wildman–Crippen LogP) is 30.0. The third-order valence-corrected chi connectivity index (χ3v) is 36.9. The van der Waals surface area contributed by atoms with Crippen LogP contribution >= 0.6 is 21.4 Å². The number of hydrogen-bond donors (Lipinski definition) is 0. The Labute approximate surface area is 794 Å². The highest BCUT2D eigenvalue weighted by molar-refractivity contribution is 7.87. The van der Waals surface area contributed by atoms with Gasteiger partial charge in [0.05, 0.1) is 56.2 Å². The minimum absolute atomic E-state index is 0.838. The van der Waals surface area contributed by atoms with Crippen molar-refractivity contribution < 1.29 is 13.7 Å². The highest BCUT2D eigenvalue weighted by Crippen LogP contribution is 2.59. The molecule has 0 aliphatic carbocycles. The number of anilines is 9. The first-order valence-electron chi connectivity index (χ1n) is 46.4. The van der Waals surface area contributed by atoms with Gasteiger partial charge in [0, 0.05) is 97.7 Å². The van der Waals surface area contributed by atoms with Gasteiger partial charge in [-0.1, -0.05) is 370 Å². The zero-order valence-corrected chi connectivity index (χ0v) is 77.1. The van der Waals surface area contributed by atoms with Crippen molar-refractivity contribution in [3.05, 3.63) is 522 Å². The molecule has 648 valence electrons. The fraction of sp³-hybridized carbons (Fsp3) is 0. The fourth-order valence-electron chi connectivity index (χ4n) is 21.6. The van der Waals surface area contributed by atoms with E-state index >= 15 is 13.7 Å². The van der Waals surface area contributed by atoms with Gasteiger partial charge in [-0.05, 0) is 217 Å². The van der Waals surface area contributed by atoms with E-state index in [0.29, 0.717) is 0 Å². The Bertz CT molecular complexity index is 8890. The molecule has 137 heavy (non-hydrogen) atoms. The Hall–Kier alpha value is -16.7. The van der Waals surface area contributed by atoms with Gasteiger partial charge in [0.1, 0.15) is 0 Å². The fourth-order valence-corrected chi connectivity index (χ4v) is 30.7. The predicted molar refractivity (Wildman–Crippen MR) is 580 cm³/mol. The van der Waals surface area contributed by atoms with Gasteiger partial charge in [0.2, 0.25) is 0 Å². The van der Waals surface area contributed by atoms with Crippen LogP contribution in [0.25, 0.3) is 121 Å². The van der Waals surface area contributed by atoms with E-state index in [2.05, 4.69) is 388 Å². The van der Waals surface area contributed by atoms with E-state index in [1.54, 1.807) is 0 Å². The normalized spacial score (nSPS) is 15.6. The van der Waals surface area contributed by atoms with Crippen LogP contribution in [0.15, 0.2) is 522 Å². The van der Waals surface area contributed by atoms with E-state index in [1.807, 2.05) is 158 Å². The molecular weight excluding hydrogens is 1720 g/mol. The highest BCUT2D eigenvalue weighted by Gasteiger charge is 2.45. The lowest BCUT2D eigenvalue weighted by Crippen LogP contribution is -2.36. The van der Waals surface area contributed by atoms with Crippen LogP contribution in [0.4, 0.5) is 51.2 Å². The van der Waals surface area contributed by atoms with Crippen LogP contribution in [0.3, 0.4) is 0 Å². The van der Waals surface area contributed by atoms with Crippen molar-refractivity contribution in [2.24, 2.45) is 0 Å². The molecule has 8 nitrogen and oxygen atoms in total. The van der Waals surface area contributed by atoms with Crippen molar-refractivity contribution in [1.29, 1.82) is 0 Å². The Kier molecular flexibility index (Phi) is 20.3. The largest absolute Gasteiger partial charge is 0.309 e. The number of fused-ring (bicyclic) bond motifs is 15. The van der Waals surface area contributed by atoms with Crippen LogP contribution in [0.2, 0.25) is 0 Å². The smallest absolute Gasteiger partial charge is 0.175 e. The molecule has 0 saturated carbocycles. The molecule has 0 radical (unpaired) electrons. The quantitative estimate of drug-likeness (QED) is 0.0949. The van der Waals surface area contributed by atoms with Gasteiger partial charge in [-0.3, -0.25) is 0 Å². The number of hydrogen-bond acceptors (Lipinski definition) is 6. The maximum atomic E-state index is 16.1. The van der Waals surface area contributed by atoms with Gasteiger partial charge in [-0.2, -0.15) is 0 Å². The summed E-state index contributed by atoms with van der Waals surface area (Å²) in [5, 5.41) is 19.7. The van der Waals surface area contributed by atoms with Crippen molar-refractivity contribution in [1.82, 2.24) is 9.13 Å². The minimum Gasteiger partial charge on any atom is -0.309 e. The Balaban J connectivity index is 0.000000110. The maximum Gasteiger partial charge on any atom is 0.175 e. The second-order valence-corrected chi connectivity index (χ2v) is 43.1. The van der Waals surface area contributed by atoms with Gasteiger partial charge < -0.3 is 37.5 Å². The van der Waals surface area contributed by atoms with E-state index < -0.39 is 21.4 Å². The SMILES string of the molecule is O=P1(c2ccccc2)c2ccccc2N(c2ccccc2)c2ccc(-c3c4ccccc4c(-c4cccc5ccccc45)c4ccccc34)cc21.O=P1(c2ccccc2)c2ccccc2N(c2ccccc2)c2ccc(-c3cccc(-n4c5ccccc5c5ccccc54)c3)cc21.O=P1(c2ccccc2)c2ccccc2N(c2ccccc2)c2ccc(-n3c4ccccc4c4ccccc43)cc21. The summed E-state index contributed by atoms with van der Waals surface area (Å²) in [4.78, 5) is 6.77. The molecule has 5 heterocycles. The van der Waals surface area contributed by atoms with E-state index in [-0.39, 0.29) is 0 Å². The van der Waals surface area contributed by atoms with E-state index in [9.17, 15) is 0 Å². The lowest BCUT2D eigenvalue weighted by Gasteiger charge is -2.38. The van der Waals surface area contributed by atoms with E-state index in [4.69, 9.17) is 0 Å². The van der Waals surface area contributed by atoms with Gasteiger partial charge in [0.15, 0.2) is 21.4 Å². The minimum atomic E-state index is -3.30. The van der Waals surface area contributed by atoms with Gasteiger partial charge in [-0.15, -0.1) is 0 Å². The number of benzene rings is 22. The number of para-hydroxylation sites is 10. The van der Waals surface area contributed by atoms with Crippen molar-refractivity contribution in [3.8, 4) is 44.8 Å². The monoisotopic (exact) mass is 1810 g/mol. The molecule has 24 aromatic rings. The lowest BCUT2D eigenvalue weighted by atomic mass is 9.84. The van der Waals surface area contributed by atoms with Crippen molar-refractivity contribution in [2.75, 3.05) is 14.7 Å². The summed E-state index contributed by atoms with van der Waals surface area (Å²) < 4.78 is 52.2. The second kappa shape index (κ2) is 33.8. The summed E-state index contributed by atoms with van der Waals surface area (Å²) in [6, 6.07) is 181. The molecule has 0 spiro atoms. The highest BCUT2D eigenvalue weighted by atomic mass is 31.2. The molecule has 3 unspecified atom stereocenters. The Morgan fingerprint density at radius 3 is 0.839 bits per heavy atom. The molecule has 27 rings (SSSR count). The Morgan fingerprint density at radius 1 is 0.161 bits per heavy atom. The third-order valence-electron chi connectivity index (χ3n) is 27.6. The summed E-state index contributed by atoms with van der Waals surface area (Å²) in [7, 11) is -9.73. The van der Waals surface area contributed by atoms with Gasteiger partial charge in [0.25, 0.3) is 0 Å². The molecule has 0 N–H and O–H groups in total. The first-order chi connectivity index (χ1) is 67.7. The number of nitrogens with zero attached hydrogens (tertiary/aromatic N) is 5. The molecule has 3 aliphatic rings. The summed E-state index contributed by atoms with van der Waals surface area (Å²) >= 11 is 0. The molecule has 2 aromatic heterocycles. The first-order valence-corrected chi connectivity index (χ1v) is 51.6. The third kappa shape index (κ3) is 13.4. The summed E-state index contributed by atoms with van der Waals surface area (Å²) in [6.45, 7) is 0. The average molecular weight is 1810 g/mol. The summed E-state index contributed by atoms with van der Waals surface area (Å²) in [5.41, 5.74) is 22.3. The van der Waals surface area contributed by atoms with Crippen LogP contribution in [0.5, 0.6) is 0 Å². The van der Waals surface area contributed by atoms with Gasteiger partial charge >= 0.3 is 0 Å². The first kappa shape index (κ1) is 82.2. The standard InChI is InChI=1S/C48H32NOP.C42H29N2OP.C36H25N2OP/c50-51(36-20-5-2-6-21-36)45-29-14-13-28-43(45)49(35-18-3-1-4-19-35)44-31-30-34(32-46(44)51)47-39-23-9-11-25-41(39)48(42-26-12-10-24-40(42)47)38-27-15-17-33-16-7-8-22-37(33)38;45-46(34-18-5-2-6-19-34)41-25-12-11-24-39(41)43(32-15-3-1-4-16-32)40-27-26-31(29-42(40)46)30-14-13-17-33(28-30)44-37-22-9-7-20-35(37)36-21-8-10-23-38(36)44;39-40(28-15-5-2-6-16-28)35-22-12-11-21-33(35)37(26-13-3-1-4-14-26)34-24-23-27(25-36(34)40)38-31-19-9-7-17-29(31)30-18-8-10-20-32(30)38/h1-32H;1-29H;1-25H. The zero-order chi connectivity index (χ0) is 91.3. The average Bonchev–Trinajstić information content (AvgIpc) is 0.839. The van der Waals surface area contributed by atoms with Gasteiger partial charge in [-0.25, -0.2) is 0 Å². The van der Waals surface area contributed by atoms with Crippen LogP contribution in [0.1, 0.15) is 0 Å². The van der Waals surface area contributed by atoms with Crippen molar-refractivity contribution in [3.63, 3.8) is 0 Å². The van der Waals surface area contributed by atoms with Crippen molar-refractivity contribution >= 4 is 196 Å². The zero-order valence-electron chi connectivity index (χ0n) is 74.5. The van der Waals surface area contributed by atoms with E-state index in [0.717, 1.165) is 144 Å².